The normalized spacial score (nSPS) is 36.4. The Labute approximate surface area is 168 Å². The Morgan fingerprint density at radius 1 is 1.32 bits per heavy atom. The van der Waals surface area contributed by atoms with Crippen LogP contribution in [-0.2, 0) is 9.59 Å². The fraction of sp³-hybridized carbons (Fsp3) is 0.583. The molecule has 28 heavy (non-hydrogen) atoms. The van der Waals surface area contributed by atoms with E-state index < -0.39 is 5.91 Å². The fourth-order valence-electron chi connectivity index (χ4n) is 5.37. The summed E-state index contributed by atoms with van der Waals surface area (Å²) in [6, 6.07) is 0. The first-order chi connectivity index (χ1) is 13.1. The lowest BCUT2D eigenvalue weighted by Crippen LogP contribution is -2.41. The lowest BCUT2D eigenvalue weighted by atomic mass is 9.54. The molecule has 0 aromatic heterocycles. The highest BCUT2D eigenvalue weighted by molar-refractivity contribution is 6.25. The van der Waals surface area contributed by atoms with Crippen molar-refractivity contribution in [3.05, 3.63) is 46.8 Å². The van der Waals surface area contributed by atoms with Crippen LogP contribution in [0.2, 0.25) is 0 Å². The first-order valence-electron chi connectivity index (χ1n) is 10.4. The highest BCUT2D eigenvalue weighted by Gasteiger charge is 2.45. The molecule has 0 spiro atoms. The lowest BCUT2D eigenvalue weighted by molar-refractivity contribution is -0.117. The van der Waals surface area contributed by atoms with Gasteiger partial charge in [0.2, 0.25) is 0 Å². The van der Waals surface area contributed by atoms with Crippen LogP contribution in [0.5, 0.6) is 0 Å². The topological polar surface area (TPSA) is 66.4 Å². The Kier molecular flexibility index (Phi) is 5.69. The summed E-state index contributed by atoms with van der Waals surface area (Å²) in [6.07, 6.45) is 11.7. The number of carbonyl (C=O) groups excluding carboxylic acids is 2. The summed E-state index contributed by atoms with van der Waals surface area (Å²) in [5.74, 6) is 1.40. The summed E-state index contributed by atoms with van der Waals surface area (Å²) >= 11 is 0. The molecule has 2 unspecified atom stereocenters. The van der Waals surface area contributed by atoms with Crippen LogP contribution < -0.4 is 5.32 Å². The number of aliphatic hydroxyl groups excluding tert-OH is 1. The van der Waals surface area contributed by atoms with Crippen molar-refractivity contribution in [3.8, 4) is 0 Å². The van der Waals surface area contributed by atoms with E-state index in [1.54, 1.807) is 11.6 Å². The predicted octanol–water partition coefficient (Wildman–Crippen LogP) is 4.65. The van der Waals surface area contributed by atoms with Crippen molar-refractivity contribution in [1.29, 1.82) is 0 Å². The third-order valence-electron chi connectivity index (χ3n) is 7.37. The van der Waals surface area contributed by atoms with Gasteiger partial charge in [-0.2, -0.15) is 0 Å². The molecular weight excluding hydrogens is 350 g/mol. The zero-order valence-electron chi connectivity index (χ0n) is 17.7. The average Bonchev–Trinajstić information content (AvgIpc) is 2.97. The van der Waals surface area contributed by atoms with Gasteiger partial charge >= 0.3 is 0 Å². The molecule has 0 aromatic carbocycles. The van der Waals surface area contributed by atoms with E-state index in [2.05, 4.69) is 45.2 Å². The Balaban J connectivity index is 1.74. The summed E-state index contributed by atoms with van der Waals surface area (Å²) in [5, 5.41) is 12.5. The van der Waals surface area contributed by atoms with E-state index in [1.807, 2.05) is 6.92 Å². The third-order valence-corrected chi connectivity index (χ3v) is 7.37. The van der Waals surface area contributed by atoms with Crippen molar-refractivity contribution >= 4 is 11.7 Å². The van der Waals surface area contributed by atoms with E-state index in [9.17, 15) is 14.7 Å². The molecule has 2 aliphatic carbocycles. The molecule has 2 fully saturated rings. The van der Waals surface area contributed by atoms with Gasteiger partial charge in [-0.3, -0.25) is 9.59 Å². The number of Topliss-reactive ketones (excluding diaryl/α,β-unsaturated/α-hetero) is 1. The number of hydrogen-bond acceptors (Lipinski definition) is 3. The molecule has 0 radical (unpaired) electrons. The number of allylic oxidation sites excluding steroid dienone is 6. The van der Waals surface area contributed by atoms with Gasteiger partial charge in [-0.05, 0) is 68.3 Å². The second kappa shape index (κ2) is 7.73. The van der Waals surface area contributed by atoms with Crippen molar-refractivity contribution in [2.75, 3.05) is 6.54 Å². The van der Waals surface area contributed by atoms with E-state index >= 15 is 0 Å². The molecule has 2 bridgehead atoms. The lowest BCUT2D eigenvalue weighted by Gasteiger charge is -2.51. The third kappa shape index (κ3) is 3.87. The molecule has 1 saturated heterocycles. The van der Waals surface area contributed by atoms with E-state index in [1.165, 1.54) is 25.3 Å². The number of carbonyl (C=O) groups is 2. The van der Waals surface area contributed by atoms with Crippen LogP contribution in [0.3, 0.4) is 0 Å². The zero-order valence-corrected chi connectivity index (χ0v) is 17.7. The largest absolute Gasteiger partial charge is 0.507 e. The molecule has 2 N–H and O–H groups in total. The van der Waals surface area contributed by atoms with Gasteiger partial charge in [-0.1, -0.05) is 50.1 Å². The second-order valence-corrected chi connectivity index (χ2v) is 9.34. The molecule has 1 heterocycles. The Hall–Kier alpha value is -2.10. The molecule has 1 amide bonds. The molecule has 1 saturated carbocycles. The van der Waals surface area contributed by atoms with Gasteiger partial charge in [0.15, 0.2) is 5.78 Å². The maximum atomic E-state index is 11.7. The number of nitrogens with one attached hydrogen (secondary N) is 1. The Morgan fingerprint density at radius 2 is 2.04 bits per heavy atom. The van der Waals surface area contributed by atoms with Gasteiger partial charge in [0.25, 0.3) is 5.91 Å². The molecule has 5 atom stereocenters. The maximum absolute atomic E-state index is 11.7. The highest BCUT2D eigenvalue weighted by Crippen LogP contribution is 2.55. The minimum absolute atomic E-state index is 0.0364. The monoisotopic (exact) mass is 383 g/mol. The van der Waals surface area contributed by atoms with Gasteiger partial charge < -0.3 is 10.4 Å². The number of ketones is 1. The van der Waals surface area contributed by atoms with Gasteiger partial charge in [0.05, 0.1) is 6.54 Å². The molecule has 4 nitrogen and oxygen atoms in total. The predicted molar refractivity (Wildman–Crippen MR) is 112 cm³/mol. The molecule has 152 valence electrons. The van der Waals surface area contributed by atoms with Crippen LogP contribution in [0.1, 0.15) is 53.9 Å². The first-order valence-corrected chi connectivity index (χ1v) is 10.4. The number of aliphatic hydroxyl groups is 1. The zero-order chi connectivity index (χ0) is 20.6. The Bertz CT molecular complexity index is 783. The summed E-state index contributed by atoms with van der Waals surface area (Å²) in [6.45, 7) is 11.4. The van der Waals surface area contributed by atoms with Crippen LogP contribution in [0, 0.1) is 29.1 Å². The van der Waals surface area contributed by atoms with Crippen LogP contribution >= 0.6 is 0 Å². The van der Waals surface area contributed by atoms with Crippen molar-refractivity contribution < 1.29 is 14.7 Å². The number of amides is 1. The SMILES string of the molecule is CC1=CCC2C[C@]1(C)CC([C@@H](C)/C=C(C)/C=C/C(O)=C1/C(=O)CNC1=O)[C@@H]2C. The summed E-state index contributed by atoms with van der Waals surface area (Å²) < 4.78 is 0. The molecule has 4 heteroatoms. The van der Waals surface area contributed by atoms with Crippen LogP contribution in [0.4, 0.5) is 0 Å². The minimum Gasteiger partial charge on any atom is -0.507 e. The van der Waals surface area contributed by atoms with Crippen molar-refractivity contribution in [1.82, 2.24) is 5.32 Å². The molecule has 3 aliphatic rings. The summed E-state index contributed by atoms with van der Waals surface area (Å²) in [7, 11) is 0. The standard InChI is InChI=1S/C24H33NO3/c1-14(6-9-20(26)22-21(27)13-25-23(22)28)10-15(2)19-12-24(5)11-18(17(19)4)8-7-16(24)3/h6-7,9-10,15,17-19,26H,8,11-13H2,1-5H3,(H,25,28)/b9-6+,14-10+,22-20+/t15-,17+,18?,19?,24+/m0/s1. The summed E-state index contributed by atoms with van der Waals surface area (Å²) in [4.78, 5) is 23.3. The van der Waals surface area contributed by atoms with Gasteiger partial charge in [-0.25, -0.2) is 0 Å². The van der Waals surface area contributed by atoms with Gasteiger partial charge in [0.1, 0.15) is 11.3 Å². The molecule has 1 aliphatic heterocycles. The maximum Gasteiger partial charge on any atom is 0.259 e. The van der Waals surface area contributed by atoms with Crippen molar-refractivity contribution in [3.63, 3.8) is 0 Å². The molecule has 3 rings (SSSR count). The Morgan fingerprint density at radius 3 is 2.68 bits per heavy atom. The fourth-order valence-corrected chi connectivity index (χ4v) is 5.37. The highest BCUT2D eigenvalue weighted by atomic mass is 16.3. The number of rotatable bonds is 4. The van der Waals surface area contributed by atoms with Crippen LogP contribution in [0.25, 0.3) is 0 Å². The van der Waals surface area contributed by atoms with Crippen molar-refractivity contribution in [2.24, 2.45) is 29.1 Å². The van der Waals surface area contributed by atoms with E-state index in [-0.39, 0.29) is 23.7 Å². The van der Waals surface area contributed by atoms with Crippen LogP contribution in [0.15, 0.2) is 46.8 Å². The minimum atomic E-state index is -0.499. The molecular formula is C24H33NO3. The first kappa shape index (κ1) is 20.6. The average molecular weight is 384 g/mol. The van der Waals surface area contributed by atoms with Crippen molar-refractivity contribution in [2.45, 2.75) is 53.9 Å². The van der Waals surface area contributed by atoms with E-state index in [4.69, 9.17) is 0 Å². The smallest absolute Gasteiger partial charge is 0.259 e. The number of hydrogen-bond donors (Lipinski definition) is 2. The van der Waals surface area contributed by atoms with E-state index in [0.717, 1.165) is 11.5 Å². The quantitative estimate of drug-likeness (QED) is 0.244. The molecule has 0 aromatic rings. The van der Waals surface area contributed by atoms with Crippen LogP contribution in [-0.4, -0.2) is 23.3 Å². The van der Waals surface area contributed by atoms with E-state index in [0.29, 0.717) is 23.2 Å². The number of fused-ring (bicyclic) bond motifs is 2. The second-order valence-electron chi connectivity index (χ2n) is 9.34. The summed E-state index contributed by atoms with van der Waals surface area (Å²) in [5.41, 5.74) is 2.77. The van der Waals surface area contributed by atoms with Gasteiger partial charge in [0, 0.05) is 0 Å². The van der Waals surface area contributed by atoms with Gasteiger partial charge in [-0.15, -0.1) is 0 Å².